The highest BCUT2D eigenvalue weighted by Gasteiger charge is 2.09. The molecule has 16 heavy (non-hydrogen) atoms. The fraction of sp³-hybridized carbons (Fsp3) is 0.0909. The molecule has 0 spiro atoms. The van der Waals surface area contributed by atoms with E-state index in [-0.39, 0.29) is 11.1 Å². The third-order valence-corrected chi connectivity index (χ3v) is 1.78. The number of carbonyl (C=O) groups excluding carboxylic acids is 1. The zero-order valence-electron chi connectivity index (χ0n) is 8.48. The molecule has 0 atom stereocenters. The molecular weight excluding hydrogens is 210 g/mol. The van der Waals surface area contributed by atoms with Gasteiger partial charge in [-0.3, -0.25) is 4.79 Å². The highest BCUT2D eigenvalue weighted by molar-refractivity contribution is 5.95. The molecule has 1 aromatic carbocycles. The summed E-state index contributed by atoms with van der Waals surface area (Å²) >= 11 is 0. The molecule has 82 valence electrons. The number of hydrogen-bond acceptors (Lipinski definition) is 3. The Morgan fingerprint density at radius 3 is 2.62 bits per heavy atom. The highest BCUT2D eigenvalue weighted by atomic mass is 16.5. The van der Waals surface area contributed by atoms with Crippen LogP contribution >= 0.6 is 0 Å². The van der Waals surface area contributed by atoms with Crippen LogP contribution in [0.4, 0.5) is 0 Å². The second-order valence-electron chi connectivity index (χ2n) is 2.83. The van der Waals surface area contributed by atoms with Gasteiger partial charge in [-0.25, -0.2) is 4.79 Å². The van der Waals surface area contributed by atoms with Gasteiger partial charge in [0.25, 0.3) is 5.91 Å². The van der Waals surface area contributed by atoms with E-state index in [0.29, 0.717) is 5.75 Å². The van der Waals surface area contributed by atoms with Gasteiger partial charge in [0.2, 0.25) is 0 Å². The molecule has 0 aromatic heterocycles. The topological polar surface area (TPSA) is 89.6 Å². The quantitative estimate of drug-likeness (QED) is 0.697. The van der Waals surface area contributed by atoms with Gasteiger partial charge in [0.1, 0.15) is 5.75 Å². The Balaban J connectivity index is 3.27. The lowest BCUT2D eigenvalue weighted by Gasteiger charge is -2.02. The number of carbonyl (C=O) groups is 2. The van der Waals surface area contributed by atoms with Crippen LogP contribution in [0.5, 0.6) is 5.75 Å². The van der Waals surface area contributed by atoms with Gasteiger partial charge in [0.15, 0.2) is 0 Å². The summed E-state index contributed by atoms with van der Waals surface area (Å²) in [5, 5.41) is 8.87. The van der Waals surface area contributed by atoms with Crippen molar-refractivity contribution in [3.63, 3.8) is 0 Å². The Morgan fingerprint density at radius 1 is 1.44 bits per heavy atom. The van der Waals surface area contributed by atoms with Gasteiger partial charge >= 0.3 is 5.97 Å². The molecule has 0 unspecified atom stereocenters. The first kappa shape index (κ1) is 11.6. The minimum absolute atomic E-state index is 0.00505. The number of primary amides is 1. The summed E-state index contributed by atoms with van der Waals surface area (Å²) in [5.74, 6) is 2.97. The van der Waals surface area contributed by atoms with E-state index in [9.17, 15) is 9.59 Å². The SMILES string of the molecule is COc1ccc(C(=O)O)c(C#CC(N)=O)c1. The van der Waals surface area contributed by atoms with Crippen LogP contribution in [-0.4, -0.2) is 24.1 Å². The van der Waals surface area contributed by atoms with Crippen LogP contribution in [0, 0.1) is 11.8 Å². The molecule has 0 radical (unpaired) electrons. The van der Waals surface area contributed by atoms with Crippen molar-refractivity contribution >= 4 is 11.9 Å². The lowest BCUT2D eigenvalue weighted by molar-refractivity contribution is -0.112. The smallest absolute Gasteiger partial charge is 0.336 e. The van der Waals surface area contributed by atoms with E-state index in [1.165, 1.54) is 25.3 Å². The summed E-state index contributed by atoms with van der Waals surface area (Å²) in [5.41, 5.74) is 5.03. The number of benzene rings is 1. The summed E-state index contributed by atoms with van der Waals surface area (Å²) in [7, 11) is 1.45. The number of nitrogens with two attached hydrogens (primary N) is 1. The number of aromatic carboxylic acids is 1. The Labute approximate surface area is 91.8 Å². The second kappa shape index (κ2) is 4.84. The Morgan fingerprint density at radius 2 is 2.12 bits per heavy atom. The van der Waals surface area contributed by atoms with Crippen LogP contribution in [0.1, 0.15) is 15.9 Å². The van der Waals surface area contributed by atoms with Crippen molar-refractivity contribution in [1.82, 2.24) is 0 Å². The van der Waals surface area contributed by atoms with Crippen molar-refractivity contribution in [2.24, 2.45) is 5.73 Å². The standard InChI is InChI=1S/C11H9NO4/c1-16-8-3-4-9(11(14)15)7(6-8)2-5-10(12)13/h3-4,6H,1H3,(H2,12,13)(H,14,15). The average molecular weight is 219 g/mol. The first-order valence-electron chi connectivity index (χ1n) is 4.27. The van der Waals surface area contributed by atoms with Crippen molar-refractivity contribution in [2.75, 3.05) is 7.11 Å². The summed E-state index contributed by atoms with van der Waals surface area (Å²) < 4.78 is 4.92. The van der Waals surface area contributed by atoms with Crippen molar-refractivity contribution in [1.29, 1.82) is 0 Å². The van der Waals surface area contributed by atoms with Crippen LogP contribution in [0.2, 0.25) is 0 Å². The molecule has 0 heterocycles. The summed E-state index contributed by atoms with van der Waals surface area (Å²) in [4.78, 5) is 21.3. The number of hydrogen-bond donors (Lipinski definition) is 2. The van der Waals surface area contributed by atoms with Crippen LogP contribution in [0.3, 0.4) is 0 Å². The van der Waals surface area contributed by atoms with Crippen LogP contribution in [-0.2, 0) is 4.79 Å². The van der Waals surface area contributed by atoms with Crippen LogP contribution in [0.25, 0.3) is 0 Å². The molecule has 0 saturated heterocycles. The van der Waals surface area contributed by atoms with Gasteiger partial charge in [-0.2, -0.15) is 0 Å². The maximum atomic E-state index is 10.8. The molecule has 1 rings (SSSR count). The fourth-order valence-corrected chi connectivity index (χ4v) is 1.07. The third kappa shape index (κ3) is 2.75. The van der Waals surface area contributed by atoms with Gasteiger partial charge in [-0.15, -0.1) is 0 Å². The minimum atomic E-state index is -1.13. The maximum absolute atomic E-state index is 10.8. The number of rotatable bonds is 2. The molecule has 1 aromatic rings. The molecule has 0 saturated carbocycles. The van der Waals surface area contributed by atoms with Gasteiger partial charge in [-0.05, 0) is 18.2 Å². The number of carboxylic acids is 1. The molecule has 0 fully saturated rings. The van der Waals surface area contributed by atoms with E-state index < -0.39 is 11.9 Å². The molecule has 1 amide bonds. The number of amides is 1. The largest absolute Gasteiger partial charge is 0.497 e. The molecule has 3 N–H and O–H groups in total. The van der Waals surface area contributed by atoms with Gasteiger partial charge < -0.3 is 15.6 Å². The molecule has 0 aliphatic carbocycles. The molecular formula is C11H9NO4. The predicted octanol–water partition coefficient (Wildman–Crippen LogP) is 0.230. The zero-order valence-corrected chi connectivity index (χ0v) is 8.48. The van der Waals surface area contributed by atoms with E-state index in [2.05, 4.69) is 11.8 Å². The molecule has 5 nitrogen and oxygen atoms in total. The number of carboxylic acid groups (broad SMARTS) is 1. The number of methoxy groups -OCH3 is 1. The highest BCUT2D eigenvalue weighted by Crippen LogP contribution is 2.16. The first-order valence-corrected chi connectivity index (χ1v) is 4.27. The van der Waals surface area contributed by atoms with Crippen molar-refractivity contribution in [3.05, 3.63) is 29.3 Å². The number of ether oxygens (including phenoxy) is 1. The second-order valence-corrected chi connectivity index (χ2v) is 2.83. The van der Waals surface area contributed by atoms with Crippen molar-refractivity contribution in [3.8, 4) is 17.6 Å². The average Bonchev–Trinajstić information content (AvgIpc) is 2.25. The molecule has 0 bridgehead atoms. The fourth-order valence-electron chi connectivity index (χ4n) is 1.07. The van der Waals surface area contributed by atoms with Crippen molar-refractivity contribution in [2.45, 2.75) is 0 Å². The third-order valence-electron chi connectivity index (χ3n) is 1.78. The van der Waals surface area contributed by atoms with E-state index in [4.69, 9.17) is 15.6 Å². The lowest BCUT2D eigenvalue weighted by atomic mass is 10.1. The van der Waals surface area contributed by atoms with Crippen molar-refractivity contribution < 1.29 is 19.4 Å². The Bertz CT molecular complexity index is 496. The maximum Gasteiger partial charge on any atom is 0.336 e. The van der Waals surface area contributed by atoms with E-state index in [0.717, 1.165) is 0 Å². The van der Waals surface area contributed by atoms with Gasteiger partial charge in [-0.1, -0.05) is 5.92 Å². The molecule has 5 heteroatoms. The zero-order chi connectivity index (χ0) is 12.1. The van der Waals surface area contributed by atoms with Crippen LogP contribution < -0.4 is 10.5 Å². The lowest BCUT2D eigenvalue weighted by Crippen LogP contribution is -2.07. The summed E-state index contributed by atoms with van der Waals surface area (Å²) in [6, 6.07) is 4.28. The van der Waals surface area contributed by atoms with E-state index in [1.54, 1.807) is 0 Å². The summed E-state index contributed by atoms with van der Waals surface area (Å²) in [6.45, 7) is 0. The van der Waals surface area contributed by atoms with Gasteiger partial charge in [0.05, 0.1) is 12.7 Å². The van der Waals surface area contributed by atoms with Crippen LogP contribution in [0.15, 0.2) is 18.2 Å². The Hall–Kier alpha value is -2.48. The Kier molecular flexibility index (Phi) is 3.51. The molecule has 0 aliphatic heterocycles. The first-order chi connectivity index (χ1) is 7.54. The molecule has 0 aliphatic rings. The minimum Gasteiger partial charge on any atom is -0.497 e. The summed E-state index contributed by atoms with van der Waals surface area (Å²) in [6.07, 6.45) is 0. The van der Waals surface area contributed by atoms with E-state index >= 15 is 0 Å². The van der Waals surface area contributed by atoms with E-state index in [1.807, 2.05) is 0 Å². The monoisotopic (exact) mass is 219 g/mol. The normalized spacial score (nSPS) is 8.81. The van der Waals surface area contributed by atoms with Gasteiger partial charge in [0, 0.05) is 11.5 Å². The predicted molar refractivity (Wildman–Crippen MR) is 56.0 cm³/mol.